The fourth-order valence-corrected chi connectivity index (χ4v) is 3.00. The quantitative estimate of drug-likeness (QED) is 0.205. The zero-order valence-corrected chi connectivity index (χ0v) is 17.8. The minimum atomic E-state index is 0.635. The molecule has 0 bridgehead atoms. The van der Waals surface area contributed by atoms with Crippen molar-refractivity contribution in [1.29, 1.82) is 5.26 Å². The Hall–Kier alpha value is -2.73. The minimum absolute atomic E-state index is 0.635. The summed E-state index contributed by atoms with van der Waals surface area (Å²) in [6.07, 6.45) is 10.1. The summed E-state index contributed by atoms with van der Waals surface area (Å²) in [5.41, 5.74) is 2.51. The lowest BCUT2D eigenvalue weighted by molar-refractivity contribution is 0.305. The molecule has 2 rings (SSSR count). The van der Waals surface area contributed by atoms with Crippen molar-refractivity contribution >= 4 is 11.6 Å². The lowest BCUT2D eigenvalue weighted by Gasteiger charge is -2.07. The van der Waals surface area contributed by atoms with Crippen LogP contribution in [0.4, 0.5) is 0 Å². The van der Waals surface area contributed by atoms with E-state index in [1.165, 1.54) is 32.1 Å². The average Bonchev–Trinajstić information content (AvgIpc) is 2.76. The predicted octanol–water partition coefficient (Wildman–Crippen LogP) is 7.28. The van der Waals surface area contributed by atoms with Gasteiger partial charge in [0, 0.05) is 0 Å². The number of allylic oxidation sites excluding steroid dienone is 1. The van der Waals surface area contributed by atoms with Gasteiger partial charge in [0.25, 0.3) is 0 Å². The Kier molecular flexibility index (Phi) is 10.5. The molecular weight excluding hydrogens is 358 g/mol. The molecule has 0 atom stereocenters. The van der Waals surface area contributed by atoms with Crippen LogP contribution in [0.2, 0.25) is 0 Å². The minimum Gasteiger partial charge on any atom is -0.494 e. The molecule has 0 aliphatic carbocycles. The van der Waals surface area contributed by atoms with Crippen molar-refractivity contribution in [3.8, 4) is 17.6 Å². The normalized spacial score (nSPS) is 11.1. The highest BCUT2D eigenvalue weighted by molar-refractivity contribution is 5.89. The molecule has 0 aliphatic heterocycles. The molecule has 2 aromatic rings. The average molecular weight is 392 g/mol. The van der Waals surface area contributed by atoms with Gasteiger partial charge in [-0.25, -0.2) is 0 Å². The molecule has 0 saturated carbocycles. The van der Waals surface area contributed by atoms with Gasteiger partial charge < -0.3 is 9.47 Å². The van der Waals surface area contributed by atoms with Gasteiger partial charge in [-0.1, -0.05) is 58.1 Å². The zero-order valence-electron chi connectivity index (χ0n) is 17.8. The SMILES string of the molecule is CCCCCCOc1ccc(/C=C(\C#N)c2ccc(OCCCCC)cc2)cc1. The van der Waals surface area contributed by atoms with Crippen LogP contribution in [0.3, 0.4) is 0 Å². The van der Waals surface area contributed by atoms with Crippen LogP contribution in [0, 0.1) is 11.3 Å². The van der Waals surface area contributed by atoms with E-state index >= 15 is 0 Å². The van der Waals surface area contributed by atoms with Gasteiger partial charge in [-0.15, -0.1) is 0 Å². The van der Waals surface area contributed by atoms with Crippen molar-refractivity contribution < 1.29 is 9.47 Å². The third kappa shape index (κ3) is 8.44. The van der Waals surface area contributed by atoms with Gasteiger partial charge in [-0.2, -0.15) is 5.26 Å². The maximum atomic E-state index is 9.58. The predicted molar refractivity (Wildman–Crippen MR) is 121 cm³/mol. The zero-order chi connectivity index (χ0) is 20.7. The van der Waals surface area contributed by atoms with Gasteiger partial charge >= 0.3 is 0 Å². The van der Waals surface area contributed by atoms with E-state index in [2.05, 4.69) is 19.9 Å². The maximum absolute atomic E-state index is 9.58. The first kappa shape index (κ1) is 22.6. The molecule has 0 aromatic heterocycles. The molecule has 0 N–H and O–H groups in total. The number of benzene rings is 2. The molecular formula is C26H33NO2. The first-order valence-electron chi connectivity index (χ1n) is 10.8. The van der Waals surface area contributed by atoms with Gasteiger partial charge in [-0.3, -0.25) is 0 Å². The summed E-state index contributed by atoms with van der Waals surface area (Å²) in [5.74, 6) is 1.73. The van der Waals surface area contributed by atoms with Gasteiger partial charge in [0.15, 0.2) is 0 Å². The van der Waals surface area contributed by atoms with Crippen LogP contribution in [0.1, 0.15) is 69.9 Å². The molecule has 2 aromatic carbocycles. The summed E-state index contributed by atoms with van der Waals surface area (Å²) in [6, 6.07) is 18.0. The molecule has 0 radical (unpaired) electrons. The van der Waals surface area contributed by atoms with Gasteiger partial charge in [0.2, 0.25) is 0 Å². The van der Waals surface area contributed by atoms with Crippen molar-refractivity contribution in [2.75, 3.05) is 13.2 Å². The molecule has 3 heteroatoms. The number of nitriles is 1. The summed E-state index contributed by atoms with van der Waals surface area (Å²) in [6.45, 7) is 5.88. The van der Waals surface area contributed by atoms with Crippen molar-refractivity contribution in [3.63, 3.8) is 0 Å². The Morgan fingerprint density at radius 2 is 1.28 bits per heavy atom. The summed E-state index contributed by atoms with van der Waals surface area (Å²) in [7, 11) is 0. The number of hydrogen-bond acceptors (Lipinski definition) is 3. The van der Waals surface area contributed by atoms with E-state index in [0.717, 1.165) is 48.7 Å². The highest BCUT2D eigenvalue weighted by Crippen LogP contribution is 2.22. The number of rotatable bonds is 13. The van der Waals surface area contributed by atoms with Crippen LogP contribution in [0.25, 0.3) is 11.6 Å². The molecule has 0 saturated heterocycles. The first-order chi connectivity index (χ1) is 14.3. The van der Waals surface area contributed by atoms with E-state index in [1.807, 2.05) is 54.6 Å². The monoisotopic (exact) mass is 391 g/mol. The highest BCUT2D eigenvalue weighted by atomic mass is 16.5. The molecule has 29 heavy (non-hydrogen) atoms. The van der Waals surface area contributed by atoms with Crippen molar-refractivity contribution in [2.24, 2.45) is 0 Å². The second kappa shape index (κ2) is 13.4. The van der Waals surface area contributed by atoms with Crippen molar-refractivity contribution in [1.82, 2.24) is 0 Å². The maximum Gasteiger partial charge on any atom is 0.119 e. The first-order valence-corrected chi connectivity index (χ1v) is 10.8. The lowest BCUT2D eigenvalue weighted by atomic mass is 10.0. The summed E-state index contributed by atoms with van der Waals surface area (Å²) in [4.78, 5) is 0. The van der Waals surface area contributed by atoms with Crippen LogP contribution >= 0.6 is 0 Å². The largest absolute Gasteiger partial charge is 0.494 e. The number of hydrogen-bond donors (Lipinski definition) is 0. The van der Waals surface area contributed by atoms with E-state index in [9.17, 15) is 5.26 Å². The fraction of sp³-hybridized carbons (Fsp3) is 0.423. The van der Waals surface area contributed by atoms with E-state index in [0.29, 0.717) is 5.57 Å². The molecule has 0 unspecified atom stereocenters. The topological polar surface area (TPSA) is 42.2 Å². The van der Waals surface area contributed by atoms with Crippen LogP contribution in [0.5, 0.6) is 11.5 Å². The van der Waals surface area contributed by atoms with Gasteiger partial charge in [-0.05, 0) is 66.4 Å². The highest BCUT2D eigenvalue weighted by Gasteiger charge is 2.03. The molecule has 0 heterocycles. The third-order valence-corrected chi connectivity index (χ3v) is 4.76. The Labute approximate surface area is 176 Å². The number of nitrogens with zero attached hydrogens (tertiary/aromatic N) is 1. The number of ether oxygens (including phenoxy) is 2. The molecule has 0 fully saturated rings. The van der Waals surface area contributed by atoms with Gasteiger partial charge in [0.1, 0.15) is 11.5 Å². The fourth-order valence-electron chi connectivity index (χ4n) is 3.00. The van der Waals surface area contributed by atoms with Crippen molar-refractivity contribution in [3.05, 3.63) is 59.7 Å². The van der Waals surface area contributed by atoms with Crippen LogP contribution in [-0.2, 0) is 0 Å². The second-order valence-corrected chi connectivity index (χ2v) is 7.23. The molecule has 154 valence electrons. The second-order valence-electron chi connectivity index (χ2n) is 7.23. The molecule has 0 spiro atoms. The Morgan fingerprint density at radius 1 is 0.759 bits per heavy atom. The van der Waals surface area contributed by atoms with Crippen LogP contribution < -0.4 is 9.47 Å². The van der Waals surface area contributed by atoms with Gasteiger partial charge in [0.05, 0.1) is 24.9 Å². The Bertz CT molecular complexity index is 770. The van der Waals surface area contributed by atoms with E-state index in [4.69, 9.17) is 9.47 Å². The van der Waals surface area contributed by atoms with E-state index in [-0.39, 0.29) is 0 Å². The molecule has 0 amide bonds. The smallest absolute Gasteiger partial charge is 0.119 e. The van der Waals surface area contributed by atoms with Crippen LogP contribution in [-0.4, -0.2) is 13.2 Å². The number of unbranched alkanes of at least 4 members (excludes halogenated alkanes) is 5. The molecule has 3 nitrogen and oxygen atoms in total. The van der Waals surface area contributed by atoms with Crippen molar-refractivity contribution in [2.45, 2.75) is 58.8 Å². The summed E-state index contributed by atoms with van der Waals surface area (Å²) < 4.78 is 11.5. The lowest BCUT2D eigenvalue weighted by Crippen LogP contribution is -1.97. The van der Waals surface area contributed by atoms with E-state index in [1.54, 1.807) is 0 Å². The Morgan fingerprint density at radius 3 is 1.83 bits per heavy atom. The van der Waals surface area contributed by atoms with Crippen LogP contribution in [0.15, 0.2) is 48.5 Å². The van der Waals surface area contributed by atoms with E-state index < -0.39 is 0 Å². The standard InChI is InChI=1S/C26H33NO2/c1-3-5-7-9-19-29-25-14-10-22(11-15-25)20-24(21-27)23-12-16-26(17-13-23)28-18-8-6-4-2/h10-17,20H,3-9,18-19H2,1-2H3/b24-20+. The summed E-state index contributed by atoms with van der Waals surface area (Å²) in [5, 5.41) is 9.58. The molecule has 0 aliphatic rings. The third-order valence-electron chi connectivity index (χ3n) is 4.76. The Balaban J connectivity index is 1.92. The summed E-state index contributed by atoms with van der Waals surface area (Å²) >= 11 is 0.